The number of fused-ring (bicyclic) bond motifs is 5. The third-order valence-electron chi connectivity index (χ3n) is 4.18. The predicted octanol–water partition coefficient (Wildman–Crippen LogP) is 4.03. The Hall–Kier alpha value is -2.02. The molecule has 1 aromatic carbocycles. The number of hydrogen-bond donors (Lipinski definition) is 0. The molecule has 0 aliphatic heterocycles. The number of aromatic nitrogens is 1. The van der Waals surface area contributed by atoms with Crippen molar-refractivity contribution in [3.8, 4) is 0 Å². The Balaban J connectivity index is 2.08. The van der Waals surface area contributed by atoms with Crippen LogP contribution in [0.15, 0.2) is 54.6 Å². The van der Waals surface area contributed by atoms with Crippen LogP contribution in [0.2, 0.25) is 0 Å². The number of allylic oxidation sites excluding steroid dienone is 5. The van der Waals surface area contributed by atoms with Gasteiger partial charge >= 0.3 is 0 Å². The molecule has 0 radical (unpaired) electrons. The van der Waals surface area contributed by atoms with E-state index in [1.54, 1.807) is 0 Å². The zero-order valence-electron chi connectivity index (χ0n) is 10.4. The fourth-order valence-corrected chi connectivity index (χ4v) is 3.29. The van der Waals surface area contributed by atoms with Gasteiger partial charge in [0.15, 0.2) is 0 Å². The molecule has 0 N–H and O–H groups in total. The van der Waals surface area contributed by atoms with Gasteiger partial charge in [0.05, 0.1) is 0 Å². The van der Waals surface area contributed by atoms with Crippen LogP contribution in [-0.2, 0) is 7.05 Å². The SMILES string of the molecule is Cn1c2c(c3ccccc31)C1C=CC=CC1C=C2. The summed E-state index contributed by atoms with van der Waals surface area (Å²) in [7, 11) is 2.16. The molecule has 0 amide bonds. The van der Waals surface area contributed by atoms with Crippen LogP contribution in [0.1, 0.15) is 17.2 Å². The van der Waals surface area contributed by atoms with Gasteiger partial charge in [0, 0.05) is 35.5 Å². The van der Waals surface area contributed by atoms with Crippen molar-refractivity contribution in [3.63, 3.8) is 0 Å². The first kappa shape index (κ1) is 9.95. The van der Waals surface area contributed by atoms with Crippen LogP contribution < -0.4 is 0 Å². The smallest absolute Gasteiger partial charge is 0.0485 e. The highest BCUT2D eigenvalue weighted by atomic mass is 14.9. The summed E-state index contributed by atoms with van der Waals surface area (Å²) in [5.41, 5.74) is 4.18. The summed E-state index contributed by atoms with van der Waals surface area (Å²) in [6.45, 7) is 0. The lowest BCUT2D eigenvalue weighted by molar-refractivity contribution is 0.690. The molecule has 0 saturated carbocycles. The molecule has 0 fully saturated rings. The van der Waals surface area contributed by atoms with E-state index in [9.17, 15) is 0 Å². The van der Waals surface area contributed by atoms with Crippen LogP contribution >= 0.6 is 0 Å². The summed E-state index contributed by atoms with van der Waals surface area (Å²) >= 11 is 0. The van der Waals surface area contributed by atoms with Gasteiger partial charge in [0.1, 0.15) is 0 Å². The molecule has 88 valence electrons. The van der Waals surface area contributed by atoms with Crippen molar-refractivity contribution in [1.82, 2.24) is 4.57 Å². The highest BCUT2D eigenvalue weighted by Gasteiger charge is 2.28. The van der Waals surface area contributed by atoms with Crippen molar-refractivity contribution in [1.29, 1.82) is 0 Å². The fraction of sp³-hybridized carbons (Fsp3) is 0.176. The van der Waals surface area contributed by atoms with Crippen LogP contribution in [0, 0.1) is 5.92 Å². The van der Waals surface area contributed by atoms with Gasteiger partial charge < -0.3 is 4.57 Å². The molecule has 2 atom stereocenters. The van der Waals surface area contributed by atoms with Crippen LogP contribution in [0.5, 0.6) is 0 Å². The minimum atomic E-state index is 0.501. The molecule has 2 aliphatic carbocycles. The highest BCUT2D eigenvalue weighted by molar-refractivity contribution is 5.90. The summed E-state index contributed by atoms with van der Waals surface area (Å²) < 4.78 is 2.31. The molecule has 4 rings (SSSR count). The first-order valence-electron chi connectivity index (χ1n) is 6.47. The van der Waals surface area contributed by atoms with Crippen LogP contribution in [0.4, 0.5) is 0 Å². The lowest BCUT2D eigenvalue weighted by Gasteiger charge is -2.26. The molecule has 2 unspecified atom stereocenters. The first-order valence-corrected chi connectivity index (χ1v) is 6.47. The Kier molecular flexibility index (Phi) is 1.93. The monoisotopic (exact) mass is 233 g/mol. The summed E-state index contributed by atoms with van der Waals surface area (Å²) in [5, 5.41) is 1.40. The zero-order valence-corrected chi connectivity index (χ0v) is 10.4. The van der Waals surface area contributed by atoms with Crippen molar-refractivity contribution in [2.75, 3.05) is 0 Å². The Bertz CT molecular complexity index is 713. The summed E-state index contributed by atoms with van der Waals surface area (Å²) in [5.74, 6) is 1.02. The number of para-hydroxylation sites is 1. The lowest BCUT2D eigenvalue weighted by atomic mass is 9.78. The van der Waals surface area contributed by atoms with Crippen molar-refractivity contribution < 1.29 is 0 Å². The van der Waals surface area contributed by atoms with Crippen LogP contribution in [-0.4, -0.2) is 4.57 Å². The summed E-state index contributed by atoms with van der Waals surface area (Å²) in [6, 6.07) is 8.71. The van der Waals surface area contributed by atoms with E-state index in [0.717, 1.165) is 0 Å². The average molecular weight is 233 g/mol. The Morgan fingerprint density at radius 2 is 1.83 bits per heavy atom. The van der Waals surface area contributed by atoms with Crippen molar-refractivity contribution in [3.05, 3.63) is 65.9 Å². The van der Waals surface area contributed by atoms with E-state index >= 15 is 0 Å². The number of benzene rings is 1. The minimum absolute atomic E-state index is 0.501. The number of hydrogen-bond acceptors (Lipinski definition) is 0. The minimum Gasteiger partial charge on any atom is -0.344 e. The van der Waals surface area contributed by atoms with Crippen LogP contribution in [0.25, 0.3) is 17.0 Å². The van der Waals surface area contributed by atoms with Gasteiger partial charge in [-0.15, -0.1) is 0 Å². The maximum absolute atomic E-state index is 2.33. The fourth-order valence-electron chi connectivity index (χ4n) is 3.29. The molecule has 0 spiro atoms. The second-order valence-electron chi connectivity index (χ2n) is 5.11. The summed E-state index contributed by atoms with van der Waals surface area (Å²) in [6.07, 6.45) is 13.6. The van der Waals surface area contributed by atoms with E-state index in [1.165, 1.54) is 22.2 Å². The second kappa shape index (κ2) is 3.49. The van der Waals surface area contributed by atoms with Gasteiger partial charge in [-0.3, -0.25) is 0 Å². The van der Waals surface area contributed by atoms with Crippen molar-refractivity contribution in [2.45, 2.75) is 5.92 Å². The molecule has 0 bridgehead atoms. The lowest BCUT2D eigenvalue weighted by Crippen LogP contribution is -2.13. The topological polar surface area (TPSA) is 4.93 Å². The average Bonchev–Trinajstić information content (AvgIpc) is 2.73. The maximum Gasteiger partial charge on any atom is 0.0485 e. The van der Waals surface area contributed by atoms with Crippen molar-refractivity contribution >= 4 is 17.0 Å². The Morgan fingerprint density at radius 1 is 1.00 bits per heavy atom. The third-order valence-corrected chi connectivity index (χ3v) is 4.18. The molecule has 1 heteroatoms. The van der Waals surface area contributed by atoms with E-state index in [0.29, 0.717) is 11.8 Å². The molecular formula is C17H15N. The van der Waals surface area contributed by atoms with Gasteiger partial charge in [-0.1, -0.05) is 48.6 Å². The Morgan fingerprint density at radius 3 is 2.78 bits per heavy atom. The molecule has 0 saturated heterocycles. The third kappa shape index (κ3) is 1.16. The second-order valence-corrected chi connectivity index (χ2v) is 5.11. The molecule has 1 heterocycles. The van der Waals surface area contributed by atoms with E-state index in [1.807, 2.05) is 0 Å². The van der Waals surface area contributed by atoms with E-state index < -0.39 is 0 Å². The normalized spacial score (nSPS) is 24.3. The first-order chi connectivity index (χ1) is 8.86. The number of rotatable bonds is 0. The number of aryl methyl sites for hydroxylation is 1. The van der Waals surface area contributed by atoms with E-state index in [4.69, 9.17) is 0 Å². The van der Waals surface area contributed by atoms with Gasteiger partial charge in [-0.05, 0) is 17.7 Å². The van der Waals surface area contributed by atoms with Gasteiger partial charge in [0.25, 0.3) is 0 Å². The van der Waals surface area contributed by atoms with Crippen LogP contribution in [0.3, 0.4) is 0 Å². The van der Waals surface area contributed by atoms with E-state index in [-0.39, 0.29) is 0 Å². The van der Waals surface area contributed by atoms with Crippen molar-refractivity contribution in [2.24, 2.45) is 13.0 Å². The maximum atomic E-state index is 2.33. The standard InChI is InChI=1S/C17H15N/c1-18-15-9-5-4-8-14(15)17-13-7-3-2-6-12(13)10-11-16(17)18/h2-13H,1H3. The molecule has 18 heavy (non-hydrogen) atoms. The molecular weight excluding hydrogens is 218 g/mol. The van der Waals surface area contributed by atoms with Gasteiger partial charge in [0.2, 0.25) is 0 Å². The molecule has 2 aromatic rings. The van der Waals surface area contributed by atoms with Gasteiger partial charge in [-0.2, -0.15) is 0 Å². The molecule has 1 nitrogen and oxygen atoms in total. The summed E-state index contributed by atoms with van der Waals surface area (Å²) in [4.78, 5) is 0. The zero-order chi connectivity index (χ0) is 12.1. The quantitative estimate of drug-likeness (QED) is 0.647. The largest absolute Gasteiger partial charge is 0.344 e. The number of nitrogens with zero attached hydrogens (tertiary/aromatic N) is 1. The Labute approximate surface area is 107 Å². The predicted molar refractivity (Wildman–Crippen MR) is 76.5 cm³/mol. The highest BCUT2D eigenvalue weighted by Crippen LogP contribution is 2.42. The molecule has 1 aromatic heterocycles. The van der Waals surface area contributed by atoms with E-state index in [2.05, 4.69) is 72.3 Å². The molecule has 2 aliphatic rings. The van der Waals surface area contributed by atoms with Gasteiger partial charge in [-0.25, -0.2) is 0 Å².